The summed E-state index contributed by atoms with van der Waals surface area (Å²) in [6, 6.07) is 6.10. The summed E-state index contributed by atoms with van der Waals surface area (Å²) in [5.74, 6) is 2.64. The van der Waals surface area contributed by atoms with Crippen LogP contribution in [0.25, 0.3) is 0 Å². The van der Waals surface area contributed by atoms with Gasteiger partial charge in [0, 0.05) is 37.5 Å². The van der Waals surface area contributed by atoms with Crippen LogP contribution in [-0.4, -0.2) is 69.2 Å². The number of carbonyl (C=O) groups is 1. The Morgan fingerprint density at radius 1 is 0.973 bits per heavy atom. The molecule has 0 N–H and O–H groups in total. The van der Waals surface area contributed by atoms with Gasteiger partial charge in [-0.2, -0.15) is 5.10 Å². The largest absolute Gasteiger partial charge is 0.573 e. The summed E-state index contributed by atoms with van der Waals surface area (Å²) in [6.07, 6.45) is 3.43. The predicted molar refractivity (Wildman–Crippen MR) is 125 cm³/mol. The van der Waals surface area contributed by atoms with Gasteiger partial charge in [0.1, 0.15) is 17.8 Å². The Kier molecular flexibility index (Phi) is 5.17. The second-order valence-corrected chi connectivity index (χ2v) is 11.7. The fraction of sp³-hybridized carbons (Fsp3) is 0.654. The minimum atomic E-state index is -4.71. The predicted octanol–water partition coefficient (Wildman–Crippen LogP) is 4.60. The Hall–Kier alpha value is -2.98. The van der Waals surface area contributed by atoms with Crippen molar-refractivity contribution in [3.8, 4) is 11.5 Å². The first kappa shape index (κ1) is 23.2. The Bertz CT molecular complexity index is 1150. The molecule has 5 aliphatic rings. The van der Waals surface area contributed by atoms with Crippen LogP contribution < -0.4 is 9.47 Å². The number of nitrogens with zero attached hydrogens (tertiary/aromatic N) is 5. The molecule has 1 aromatic carbocycles. The smallest absolute Gasteiger partial charge is 0.490 e. The molecule has 3 aliphatic carbocycles. The summed E-state index contributed by atoms with van der Waals surface area (Å²) >= 11 is 0. The van der Waals surface area contributed by atoms with Gasteiger partial charge >= 0.3 is 12.4 Å². The molecule has 8 nitrogen and oxygen atoms in total. The molecule has 0 bridgehead atoms. The lowest BCUT2D eigenvalue weighted by Crippen LogP contribution is -2.65. The zero-order valence-electron chi connectivity index (χ0n) is 20.4. The highest BCUT2D eigenvalue weighted by Crippen LogP contribution is 2.54. The first-order chi connectivity index (χ1) is 17.7. The number of hydrogen-bond donors (Lipinski definition) is 0. The fourth-order valence-corrected chi connectivity index (χ4v) is 6.89. The normalized spacial score (nSPS) is 28.7. The van der Waals surface area contributed by atoms with Crippen LogP contribution >= 0.6 is 0 Å². The van der Waals surface area contributed by atoms with Crippen LogP contribution in [0.1, 0.15) is 56.3 Å². The molecule has 37 heavy (non-hydrogen) atoms. The van der Waals surface area contributed by atoms with Crippen molar-refractivity contribution in [1.82, 2.24) is 24.6 Å². The minimum Gasteiger partial charge on any atom is -0.490 e. The summed E-state index contributed by atoms with van der Waals surface area (Å²) < 4.78 is 49.0. The van der Waals surface area contributed by atoms with Gasteiger partial charge in [-0.05, 0) is 74.6 Å². The van der Waals surface area contributed by atoms with Crippen LogP contribution in [0.3, 0.4) is 0 Å². The van der Waals surface area contributed by atoms with E-state index in [2.05, 4.69) is 14.8 Å². The number of amides is 2. The monoisotopic (exact) mass is 517 g/mol. The minimum absolute atomic E-state index is 0.0121. The van der Waals surface area contributed by atoms with Crippen molar-refractivity contribution in [1.29, 1.82) is 0 Å². The number of ether oxygens (including phenoxy) is 2. The highest BCUT2D eigenvalue weighted by atomic mass is 19.4. The topological polar surface area (TPSA) is 72.7 Å². The SMILES string of the molecule is O=C(N1C[C@H]2CC(Oc3ccc(OC(F)(F)F)cc3)C[C@H]2C1)N1CC2(CC(n3cnc(C4CC4)n3)C2)C1. The quantitative estimate of drug-likeness (QED) is 0.580. The zero-order chi connectivity index (χ0) is 25.4. The molecule has 2 aliphatic heterocycles. The lowest BCUT2D eigenvalue weighted by Gasteiger charge is -2.59. The fourth-order valence-electron chi connectivity index (χ4n) is 6.89. The molecule has 3 atom stereocenters. The molecule has 0 radical (unpaired) electrons. The number of rotatable bonds is 5. The molecule has 1 unspecified atom stereocenters. The first-order valence-electron chi connectivity index (χ1n) is 13.2. The number of halogens is 3. The molecule has 3 saturated carbocycles. The molecule has 2 aromatic rings. The number of carbonyl (C=O) groups excluding carboxylic acids is 1. The van der Waals surface area contributed by atoms with E-state index < -0.39 is 6.36 Å². The Balaban J connectivity index is 0.855. The first-order valence-corrected chi connectivity index (χ1v) is 13.2. The van der Waals surface area contributed by atoms with Crippen molar-refractivity contribution in [2.75, 3.05) is 26.2 Å². The van der Waals surface area contributed by atoms with E-state index in [1.165, 1.54) is 37.1 Å². The van der Waals surface area contributed by atoms with Crippen LogP contribution in [0, 0.1) is 17.3 Å². The molecule has 11 heteroatoms. The van der Waals surface area contributed by atoms with E-state index in [0.717, 1.165) is 57.7 Å². The third-order valence-electron chi connectivity index (χ3n) is 8.84. The van der Waals surface area contributed by atoms with Gasteiger partial charge in [-0.15, -0.1) is 13.2 Å². The standard InChI is InChI=1S/C26H30F3N5O3/c27-26(28,29)37-21-5-3-20(4-6-21)36-22-7-17-11-32(12-18(17)8-22)24(35)33-13-25(14-33)9-19(10-25)34-15-30-23(31-34)16-1-2-16/h3-6,15-19,22H,1-2,7-14H2/t17-,18+,22?. The second kappa shape index (κ2) is 8.26. The number of fused-ring (bicyclic) bond motifs is 1. The van der Waals surface area contributed by atoms with Gasteiger partial charge in [-0.25, -0.2) is 14.5 Å². The number of aromatic nitrogens is 3. The van der Waals surface area contributed by atoms with E-state index in [4.69, 9.17) is 4.74 Å². The Morgan fingerprint density at radius 2 is 1.62 bits per heavy atom. The van der Waals surface area contributed by atoms with Crippen LogP contribution in [0.4, 0.5) is 18.0 Å². The van der Waals surface area contributed by atoms with E-state index in [0.29, 0.717) is 29.5 Å². The van der Waals surface area contributed by atoms with Crippen molar-refractivity contribution in [3.05, 3.63) is 36.4 Å². The molecule has 1 spiro atoms. The third kappa shape index (κ3) is 4.50. The highest BCUT2D eigenvalue weighted by molar-refractivity contribution is 5.76. The molecular weight excluding hydrogens is 487 g/mol. The number of benzene rings is 1. The van der Waals surface area contributed by atoms with Crippen molar-refractivity contribution < 1.29 is 27.4 Å². The van der Waals surface area contributed by atoms with Gasteiger partial charge in [0.05, 0.1) is 12.1 Å². The summed E-state index contributed by atoms with van der Waals surface area (Å²) in [5.41, 5.74) is 0.251. The van der Waals surface area contributed by atoms with Gasteiger partial charge in [-0.3, -0.25) is 0 Å². The van der Waals surface area contributed by atoms with Crippen molar-refractivity contribution in [3.63, 3.8) is 0 Å². The van der Waals surface area contributed by atoms with E-state index in [1.807, 2.05) is 20.8 Å². The van der Waals surface area contributed by atoms with E-state index in [1.54, 1.807) is 0 Å². The maximum atomic E-state index is 13.1. The Morgan fingerprint density at radius 3 is 2.24 bits per heavy atom. The maximum absolute atomic E-state index is 13.1. The van der Waals surface area contributed by atoms with Crippen LogP contribution in [0.5, 0.6) is 11.5 Å². The lowest BCUT2D eigenvalue weighted by atomic mass is 9.61. The summed E-state index contributed by atoms with van der Waals surface area (Å²) in [4.78, 5) is 21.6. The van der Waals surface area contributed by atoms with Gasteiger partial charge in [0.15, 0.2) is 5.82 Å². The zero-order valence-corrected chi connectivity index (χ0v) is 20.4. The molecule has 1 aromatic heterocycles. The van der Waals surface area contributed by atoms with E-state index in [-0.39, 0.29) is 23.3 Å². The van der Waals surface area contributed by atoms with Gasteiger partial charge < -0.3 is 19.3 Å². The Labute approximate surface area is 212 Å². The summed E-state index contributed by atoms with van der Waals surface area (Å²) in [5, 5.41) is 4.68. The molecule has 5 fully saturated rings. The van der Waals surface area contributed by atoms with Gasteiger partial charge in [0.2, 0.25) is 0 Å². The second-order valence-electron chi connectivity index (χ2n) is 11.7. The van der Waals surface area contributed by atoms with Crippen LogP contribution in [0.2, 0.25) is 0 Å². The molecule has 3 heterocycles. The third-order valence-corrected chi connectivity index (χ3v) is 8.84. The van der Waals surface area contributed by atoms with E-state index >= 15 is 0 Å². The highest BCUT2D eigenvalue weighted by Gasteiger charge is 2.56. The summed E-state index contributed by atoms with van der Waals surface area (Å²) in [6.45, 7) is 3.16. The number of alkyl halides is 3. The number of likely N-dealkylation sites (tertiary alicyclic amines) is 2. The van der Waals surface area contributed by atoms with Crippen molar-refractivity contribution >= 4 is 6.03 Å². The lowest BCUT2D eigenvalue weighted by molar-refractivity contribution is -0.274. The molecular formula is C26H30F3N5O3. The average molecular weight is 518 g/mol. The molecule has 198 valence electrons. The van der Waals surface area contributed by atoms with Crippen LogP contribution in [0.15, 0.2) is 30.6 Å². The van der Waals surface area contributed by atoms with Gasteiger partial charge in [-0.1, -0.05) is 0 Å². The number of urea groups is 1. The molecule has 2 amide bonds. The molecule has 7 rings (SSSR count). The van der Waals surface area contributed by atoms with E-state index in [9.17, 15) is 18.0 Å². The molecule has 2 saturated heterocycles. The van der Waals surface area contributed by atoms with Crippen molar-refractivity contribution in [2.45, 2.75) is 63.0 Å². The van der Waals surface area contributed by atoms with Gasteiger partial charge in [0.25, 0.3) is 0 Å². The number of hydrogen-bond acceptors (Lipinski definition) is 5. The summed E-state index contributed by atoms with van der Waals surface area (Å²) in [7, 11) is 0. The average Bonchev–Trinajstić information content (AvgIpc) is 3.20. The van der Waals surface area contributed by atoms with Crippen LogP contribution in [-0.2, 0) is 0 Å². The maximum Gasteiger partial charge on any atom is 0.573 e. The van der Waals surface area contributed by atoms with Crippen molar-refractivity contribution in [2.24, 2.45) is 17.3 Å².